The Morgan fingerprint density at radius 1 is 1.64 bits per heavy atom. The fraction of sp³-hybridized carbons (Fsp3) is 0.667. The Kier molecular flexibility index (Phi) is 3.62. The Morgan fingerprint density at radius 2 is 2.36 bits per heavy atom. The van der Waals surface area contributed by atoms with Gasteiger partial charge in [0.25, 0.3) is 0 Å². The van der Waals surface area contributed by atoms with Gasteiger partial charge >= 0.3 is 0 Å². The van der Waals surface area contributed by atoms with Gasteiger partial charge in [-0.15, -0.1) is 0 Å². The lowest BCUT2D eigenvalue weighted by Crippen LogP contribution is -2.40. The summed E-state index contributed by atoms with van der Waals surface area (Å²) < 4.78 is 0. The maximum Gasteiger partial charge on any atom is 0.103 e. The van der Waals surface area contributed by atoms with E-state index in [9.17, 15) is 5.11 Å². The summed E-state index contributed by atoms with van der Waals surface area (Å²) in [4.78, 5) is 7.11. The number of nitrogens with one attached hydrogen (secondary N) is 2. The molecule has 5 heteroatoms. The molecule has 0 saturated heterocycles. The van der Waals surface area contributed by atoms with E-state index in [-0.39, 0.29) is 6.61 Å². The second-order valence-electron chi connectivity index (χ2n) is 3.75. The largest absolute Gasteiger partial charge is 0.393 e. The van der Waals surface area contributed by atoms with Gasteiger partial charge in [0.1, 0.15) is 5.82 Å². The maximum atomic E-state index is 9.47. The zero-order valence-electron chi connectivity index (χ0n) is 8.54. The second-order valence-corrected chi connectivity index (χ2v) is 3.75. The summed E-state index contributed by atoms with van der Waals surface area (Å²) in [6.45, 7) is 4.17. The van der Waals surface area contributed by atoms with E-state index in [4.69, 9.17) is 5.11 Å². The molecule has 0 saturated carbocycles. The monoisotopic (exact) mass is 199 g/mol. The Morgan fingerprint density at radius 3 is 2.86 bits per heavy atom. The predicted molar refractivity (Wildman–Crippen MR) is 52.7 cm³/mol. The summed E-state index contributed by atoms with van der Waals surface area (Å²) in [5, 5.41) is 21.3. The molecule has 0 aliphatic carbocycles. The van der Waals surface area contributed by atoms with Crippen molar-refractivity contribution in [3.63, 3.8) is 0 Å². The molecule has 1 aromatic heterocycles. The van der Waals surface area contributed by atoms with Gasteiger partial charge in [0.15, 0.2) is 0 Å². The molecular formula is C9H17N3O2. The first-order valence-electron chi connectivity index (χ1n) is 4.58. The van der Waals surface area contributed by atoms with Crippen LogP contribution in [0, 0.1) is 6.92 Å². The molecule has 4 N–H and O–H groups in total. The molecule has 5 nitrogen and oxygen atoms in total. The third kappa shape index (κ3) is 3.45. The number of nitrogens with zero attached hydrogens (tertiary/aromatic N) is 1. The average Bonchev–Trinajstić information content (AvgIpc) is 2.51. The lowest BCUT2D eigenvalue weighted by molar-refractivity contribution is 0.00249. The quantitative estimate of drug-likeness (QED) is 0.518. The van der Waals surface area contributed by atoms with Crippen molar-refractivity contribution >= 4 is 0 Å². The van der Waals surface area contributed by atoms with Gasteiger partial charge in [0, 0.05) is 25.0 Å². The van der Waals surface area contributed by atoms with Gasteiger partial charge in [-0.05, 0) is 13.8 Å². The Hall–Kier alpha value is -0.910. The number of aliphatic hydroxyl groups excluding tert-OH is 1. The summed E-state index contributed by atoms with van der Waals surface area (Å²) in [6.07, 6.45) is 1.75. The fourth-order valence-corrected chi connectivity index (χ4v) is 1.08. The van der Waals surface area contributed by atoms with Gasteiger partial charge in [-0.25, -0.2) is 4.98 Å². The highest BCUT2D eigenvalue weighted by atomic mass is 16.3. The van der Waals surface area contributed by atoms with Crippen LogP contribution in [0.5, 0.6) is 0 Å². The molecule has 0 radical (unpaired) electrons. The van der Waals surface area contributed by atoms with Crippen LogP contribution in [-0.2, 0) is 6.54 Å². The number of hydrogen-bond donors (Lipinski definition) is 4. The third-order valence-electron chi connectivity index (χ3n) is 1.92. The van der Waals surface area contributed by atoms with Gasteiger partial charge in [-0.1, -0.05) is 0 Å². The first-order valence-corrected chi connectivity index (χ1v) is 4.58. The topological polar surface area (TPSA) is 81.2 Å². The maximum absolute atomic E-state index is 9.47. The van der Waals surface area contributed by atoms with E-state index in [0.717, 1.165) is 11.5 Å². The Balaban J connectivity index is 2.28. The minimum absolute atomic E-state index is 0.248. The van der Waals surface area contributed by atoms with Gasteiger partial charge in [0.05, 0.1) is 12.2 Å². The van der Waals surface area contributed by atoms with Crippen LogP contribution in [0.3, 0.4) is 0 Å². The van der Waals surface area contributed by atoms with Crippen molar-refractivity contribution in [2.75, 3.05) is 13.2 Å². The number of imidazole rings is 1. The van der Waals surface area contributed by atoms with Gasteiger partial charge in [-0.3, -0.25) is 0 Å². The average molecular weight is 199 g/mol. The summed E-state index contributed by atoms with van der Waals surface area (Å²) in [6, 6.07) is 0. The van der Waals surface area contributed by atoms with Crippen LogP contribution in [-0.4, -0.2) is 38.9 Å². The van der Waals surface area contributed by atoms with E-state index in [2.05, 4.69) is 15.3 Å². The number of H-pyrrole nitrogens is 1. The van der Waals surface area contributed by atoms with Crippen molar-refractivity contribution in [2.45, 2.75) is 26.0 Å². The summed E-state index contributed by atoms with van der Waals surface area (Å²) in [5.74, 6) is 0.871. The number of aromatic nitrogens is 2. The lowest BCUT2D eigenvalue weighted by Gasteiger charge is -2.20. The van der Waals surface area contributed by atoms with Crippen LogP contribution in [0.15, 0.2) is 6.20 Å². The van der Waals surface area contributed by atoms with Gasteiger partial charge in [-0.2, -0.15) is 0 Å². The SMILES string of the molecule is Cc1ncc(CNCC(C)(O)CO)[nH]1. The van der Waals surface area contributed by atoms with Crippen LogP contribution < -0.4 is 5.32 Å². The number of aryl methyl sites for hydroxylation is 1. The molecule has 0 bridgehead atoms. The van der Waals surface area contributed by atoms with E-state index >= 15 is 0 Å². The number of aromatic amines is 1. The summed E-state index contributed by atoms with van der Waals surface area (Å²) in [5.41, 5.74) is -0.0917. The van der Waals surface area contributed by atoms with Crippen molar-refractivity contribution in [2.24, 2.45) is 0 Å². The predicted octanol–water partition coefficient (Wildman–Crippen LogP) is -0.449. The highest BCUT2D eigenvalue weighted by Crippen LogP contribution is 2.00. The number of hydrogen-bond acceptors (Lipinski definition) is 4. The molecule has 0 amide bonds. The Bertz CT molecular complexity index is 283. The Labute approximate surface area is 83.2 Å². The highest BCUT2D eigenvalue weighted by Gasteiger charge is 2.17. The van der Waals surface area contributed by atoms with E-state index < -0.39 is 5.60 Å². The number of aliphatic hydroxyl groups is 2. The minimum Gasteiger partial charge on any atom is -0.393 e. The van der Waals surface area contributed by atoms with E-state index in [1.165, 1.54) is 0 Å². The lowest BCUT2D eigenvalue weighted by atomic mass is 10.1. The zero-order valence-corrected chi connectivity index (χ0v) is 8.54. The molecule has 0 aliphatic heterocycles. The summed E-state index contributed by atoms with van der Waals surface area (Å²) in [7, 11) is 0. The van der Waals surface area contributed by atoms with Crippen molar-refractivity contribution in [1.29, 1.82) is 0 Å². The molecule has 1 unspecified atom stereocenters. The third-order valence-corrected chi connectivity index (χ3v) is 1.92. The van der Waals surface area contributed by atoms with Gasteiger partial charge < -0.3 is 20.5 Å². The van der Waals surface area contributed by atoms with E-state index in [1.54, 1.807) is 13.1 Å². The van der Waals surface area contributed by atoms with Crippen LogP contribution in [0.25, 0.3) is 0 Å². The molecule has 0 fully saturated rings. The minimum atomic E-state index is -1.06. The molecule has 80 valence electrons. The van der Waals surface area contributed by atoms with Crippen molar-refractivity contribution < 1.29 is 10.2 Å². The molecule has 0 aromatic carbocycles. The van der Waals surface area contributed by atoms with Crippen LogP contribution in [0.1, 0.15) is 18.4 Å². The van der Waals surface area contributed by atoms with Crippen LogP contribution >= 0.6 is 0 Å². The normalized spacial score (nSPS) is 15.4. The van der Waals surface area contributed by atoms with Crippen LogP contribution in [0.4, 0.5) is 0 Å². The molecule has 1 rings (SSSR count). The molecule has 0 spiro atoms. The van der Waals surface area contributed by atoms with E-state index in [0.29, 0.717) is 13.1 Å². The smallest absolute Gasteiger partial charge is 0.103 e. The number of rotatable bonds is 5. The highest BCUT2D eigenvalue weighted by molar-refractivity contribution is 4.99. The van der Waals surface area contributed by atoms with Crippen LogP contribution in [0.2, 0.25) is 0 Å². The first-order chi connectivity index (χ1) is 6.53. The molecule has 14 heavy (non-hydrogen) atoms. The zero-order chi connectivity index (χ0) is 10.6. The fourth-order valence-electron chi connectivity index (χ4n) is 1.08. The second kappa shape index (κ2) is 4.54. The molecule has 1 heterocycles. The van der Waals surface area contributed by atoms with Crippen molar-refractivity contribution in [1.82, 2.24) is 15.3 Å². The van der Waals surface area contributed by atoms with Gasteiger partial charge in [0.2, 0.25) is 0 Å². The first kappa shape index (κ1) is 11.2. The van der Waals surface area contributed by atoms with Crippen molar-refractivity contribution in [3.8, 4) is 0 Å². The van der Waals surface area contributed by atoms with Crippen molar-refractivity contribution in [3.05, 3.63) is 17.7 Å². The molecule has 0 aliphatic rings. The summed E-state index contributed by atoms with van der Waals surface area (Å²) >= 11 is 0. The molecule has 1 aromatic rings. The molecule has 1 atom stereocenters. The standard InChI is InChI=1S/C9H17N3O2/c1-7-11-4-8(12-7)3-10-5-9(2,14)6-13/h4,10,13-14H,3,5-6H2,1-2H3,(H,11,12). The van der Waals surface area contributed by atoms with E-state index in [1.807, 2.05) is 6.92 Å². The molecular weight excluding hydrogens is 182 g/mol.